The van der Waals surface area contributed by atoms with Crippen LogP contribution in [0.2, 0.25) is 0 Å². The van der Waals surface area contributed by atoms with E-state index in [1.807, 2.05) is 30.3 Å². The van der Waals surface area contributed by atoms with Gasteiger partial charge in [-0.2, -0.15) is 0 Å². The third-order valence-electron chi connectivity index (χ3n) is 3.36. The standard InChI is InChI=1S/C14H20O6/c15-8-10-11(16)12(17)13(18)14(20-10)19-7-6-9-4-2-1-3-5-9/h1-5,10-18H,6-8H2/t10-,11-,12+,13-,14-/m0/s1. The fourth-order valence-electron chi connectivity index (χ4n) is 2.14. The molecule has 6 nitrogen and oxygen atoms in total. The summed E-state index contributed by atoms with van der Waals surface area (Å²) in [5.74, 6) is 0. The molecule has 1 saturated heterocycles. The normalized spacial score (nSPS) is 34.1. The third-order valence-corrected chi connectivity index (χ3v) is 3.36. The lowest BCUT2D eigenvalue weighted by Gasteiger charge is -2.39. The topological polar surface area (TPSA) is 99.4 Å². The van der Waals surface area contributed by atoms with Gasteiger partial charge in [-0.25, -0.2) is 0 Å². The van der Waals surface area contributed by atoms with Crippen LogP contribution in [0, 0.1) is 0 Å². The Bertz CT molecular complexity index is 396. The maximum atomic E-state index is 9.78. The van der Waals surface area contributed by atoms with Crippen molar-refractivity contribution in [1.82, 2.24) is 0 Å². The Morgan fingerprint density at radius 1 is 1.00 bits per heavy atom. The van der Waals surface area contributed by atoms with Crippen LogP contribution >= 0.6 is 0 Å². The Hall–Kier alpha value is -1.02. The molecule has 6 heteroatoms. The molecule has 0 unspecified atom stereocenters. The van der Waals surface area contributed by atoms with E-state index >= 15 is 0 Å². The molecule has 1 fully saturated rings. The molecule has 0 aromatic heterocycles. The molecule has 4 N–H and O–H groups in total. The van der Waals surface area contributed by atoms with Crippen molar-refractivity contribution in [3.05, 3.63) is 35.9 Å². The average molecular weight is 284 g/mol. The SMILES string of the molecule is OC[C@@H]1O[C@H](OCCc2ccccc2)[C@@H](O)[C@H](O)[C@H]1O. The molecule has 0 bridgehead atoms. The lowest BCUT2D eigenvalue weighted by atomic mass is 9.99. The minimum absolute atomic E-state index is 0.298. The van der Waals surface area contributed by atoms with Gasteiger partial charge in [-0.15, -0.1) is 0 Å². The highest BCUT2D eigenvalue weighted by atomic mass is 16.7. The van der Waals surface area contributed by atoms with Crippen LogP contribution < -0.4 is 0 Å². The molecule has 0 spiro atoms. The average Bonchev–Trinajstić information content (AvgIpc) is 2.48. The molecule has 1 aliphatic heterocycles. The molecule has 1 heterocycles. The lowest BCUT2D eigenvalue weighted by Crippen LogP contribution is -2.59. The number of benzene rings is 1. The van der Waals surface area contributed by atoms with Crippen molar-refractivity contribution in [3.8, 4) is 0 Å². The van der Waals surface area contributed by atoms with Crippen LogP contribution in [0.25, 0.3) is 0 Å². The fourth-order valence-corrected chi connectivity index (χ4v) is 2.14. The Morgan fingerprint density at radius 3 is 2.35 bits per heavy atom. The second-order valence-corrected chi connectivity index (χ2v) is 4.80. The maximum Gasteiger partial charge on any atom is 0.186 e. The van der Waals surface area contributed by atoms with Crippen molar-refractivity contribution in [2.24, 2.45) is 0 Å². The highest BCUT2D eigenvalue weighted by Gasteiger charge is 2.43. The van der Waals surface area contributed by atoms with Crippen molar-refractivity contribution >= 4 is 0 Å². The summed E-state index contributed by atoms with van der Waals surface area (Å²) in [6, 6.07) is 9.67. The van der Waals surface area contributed by atoms with E-state index in [1.54, 1.807) is 0 Å². The first-order valence-corrected chi connectivity index (χ1v) is 6.59. The first-order valence-electron chi connectivity index (χ1n) is 6.59. The van der Waals surface area contributed by atoms with Crippen LogP contribution in [0.5, 0.6) is 0 Å². The summed E-state index contributed by atoms with van der Waals surface area (Å²) in [6.45, 7) is -0.157. The molecule has 1 aromatic carbocycles. The third kappa shape index (κ3) is 3.54. The molecule has 5 atom stereocenters. The smallest absolute Gasteiger partial charge is 0.186 e. The van der Waals surface area contributed by atoms with Crippen LogP contribution in [0.4, 0.5) is 0 Å². The first kappa shape index (κ1) is 15.4. The molecular weight excluding hydrogens is 264 g/mol. The minimum Gasteiger partial charge on any atom is -0.394 e. The highest BCUT2D eigenvalue weighted by Crippen LogP contribution is 2.22. The summed E-state index contributed by atoms with van der Waals surface area (Å²) in [6.07, 6.45) is -5.46. The van der Waals surface area contributed by atoms with Gasteiger partial charge in [0, 0.05) is 0 Å². The second kappa shape index (κ2) is 7.12. The van der Waals surface area contributed by atoms with Crippen LogP contribution in [0.1, 0.15) is 5.56 Å². The molecular formula is C14H20O6. The van der Waals surface area contributed by atoms with E-state index in [1.165, 1.54) is 0 Å². The number of hydrogen-bond donors (Lipinski definition) is 4. The summed E-state index contributed by atoms with van der Waals surface area (Å²) >= 11 is 0. The molecule has 2 rings (SSSR count). The fraction of sp³-hybridized carbons (Fsp3) is 0.571. The summed E-state index contributed by atoms with van der Waals surface area (Å²) in [5, 5.41) is 38.1. The predicted octanol–water partition coefficient (Wildman–Crippen LogP) is -0.954. The van der Waals surface area contributed by atoms with Crippen molar-refractivity contribution in [3.63, 3.8) is 0 Å². The molecule has 112 valence electrons. The minimum atomic E-state index is -1.40. The van der Waals surface area contributed by atoms with E-state index in [-0.39, 0.29) is 0 Å². The van der Waals surface area contributed by atoms with E-state index < -0.39 is 37.3 Å². The van der Waals surface area contributed by atoms with Gasteiger partial charge in [-0.05, 0) is 12.0 Å². The summed E-state index contributed by atoms with van der Waals surface area (Å²) < 4.78 is 10.6. The van der Waals surface area contributed by atoms with Gasteiger partial charge in [0.2, 0.25) is 0 Å². The molecule has 1 aliphatic rings. The van der Waals surface area contributed by atoms with Crippen LogP contribution in [0.15, 0.2) is 30.3 Å². The second-order valence-electron chi connectivity index (χ2n) is 4.80. The van der Waals surface area contributed by atoms with Crippen molar-refractivity contribution in [2.75, 3.05) is 13.2 Å². The van der Waals surface area contributed by atoms with Crippen molar-refractivity contribution < 1.29 is 29.9 Å². The van der Waals surface area contributed by atoms with E-state index in [4.69, 9.17) is 14.6 Å². The van der Waals surface area contributed by atoms with Crippen LogP contribution in [0.3, 0.4) is 0 Å². The largest absolute Gasteiger partial charge is 0.394 e. The van der Waals surface area contributed by atoms with Gasteiger partial charge in [0.25, 0.3) is 0 Å². The van der Waals surface area contributed by atoms with Gasteiger partial charge in [-0.1, -0.05) is 30.3 Å². The van der Waals surface area contributed by atoms with Crippen molar-refractivity contribution in [2.45, 2.75) is 37.1 Å². The molecule has 0 radical (unpaired) electrons. The van der Waals surface area contributed by atoms with Crippen molar-refractivity contribution in [1.29, 1.82) is 0 Å². The van der Waals surface area contributed by atoms with Gasteiger partial charge in [-0.3, -0.25) is 0 Å². The number of ether oxygens (including phenoxy) is 2. The monoisotopic (exact) mass is 284 g/mol. The Labute approximate surface area is 117 Å². The number of hydrogen-bond acceptors (Lipinski definition) is 6. The zero-order valence-corrected chi connectivity index (χ0v) is 11.0. The predicted molar refractivity (Wildman–Crippen MR) is 69.9 cm³/mol. The van der Waals surface area contributed by atoms with E-state index in [0.29, 0.717) is 13.0 Å². The molecule has 0 saturated carbocycles. The Balaban J connectivity index is 1.85. The van der Waals surface area contributed by atoms with E-state index in [0.717, 1.165) is 5.56 Å². The summed E-state index contributed by atoms with van der Waals surface area (Å²) in [5.41, 5.74) is 1.08. The van der Waals surface area contributed by atoms with Gasteiger partial charge in [0.1, 0.15) is 24.4 Å². The molecule has 1 aromatic rings. The number of rotatable bonds is 5. The van der Waals surface area contributed by atoms with E-state index in [9.17, 15) is 15.3 Å². The van der Waals surface area contributed by atoms with E-state index in [2.05, 4.69) is 0 Å². The maximum absolute atomic E-state index is 9.78. The first-order chi connectivity index (χ1) is 9.63. The summed E-state index contributed by atoms with van der Waals surface area (Å²) in [7, 11) is 0. The molecule has 20 heavy (non-hydrogen) atoms. The number of aliphatic hydroxyl groups is 4. The zero-order valence-electron chi connectivity index (χ0n) is 11.0. The van der Waals surface area contributed by atoms with Gasteiger partial charge >= 0.3 is 0 Å². The Morgan fingerprint density at radius 2 is 1.70 bits per heavy atom. The summed E-state index contributed by atoms with van der Waals surface area (Å²) in [4.78, 5) is 0. The lowest BCUT2D eigenvalue weighted by molar-refractivity contribution is -0.300. The van der Waals surface area contributed by atoms with Gasteiger partial charge in [0.05, 0.1) is 13.2 Å². The number of aliphatic hydroxyl groups excluding tert-OH is 4. The Kier molecular flexibility index (Phi) is 5.47. The quantitative estimate of drug-likeness (QED) is 0.556. The molecule has 0 aliphatic carbocycles. The van der Waals surface area contributed by atoms with Gasteiger partial charge in [0.15, 0.2) is 6.29 Å². The zero-order chi connectivity index (χ0) is 14.5. The van der Waals surface area contributed by atoms with Crippen LogP contribution in [-0.2, 0) is 15.9 Å². The highest BCUT2D eigenvalue weighted by molar-refractivity contribution is 5.14. The van der Waals surface area contributed by atoms with Crippen LogP contribution in [-0.4, -0.2) is 64.3 Å². The van der Waals surface area contributed by atoms with Gasteiger partial charge < -0.3 is 29.9 Å². The molecule has 0 amide bonds.